The summed E-state index contributed by atoms with van der Waals surface area (Å²) in [6, 6.07) is 7.16. The van der Waals surface area contributed by atoms with Gasteiger partial charge in [-0.05, 0) is 38.5 Å². The van der Waals surface area contributed by atoms with Crippen LogP contribution in [0.15, 0.2) is 29.4 Å². The summed E-state index contributed by atoms with van der Waals surface area (Å²) < 4.78 is 6.36. The van der Waals surface area contributed by atoms with E-state index in [1.165, 1.54) is 4.68 Å². The third-order valence-corrected chi connectivity index (χ3v) is 5.58. The average molecular weight is 434 g/mol. The predicted molar refractivity (Wildman–Crippen MR) is 112 cm³/mol. The van der Waals surface area contributed by atoms with E-state index in [-0.39, 0.29) is 18.1 Å². The number of halogens is 1. The lowest BCUT2D eigenvalue weighted by atomic mass is 10.1. The van der Waals surface area contributed by atoms with Gasteiger partial charge >= 0.3 is 5.97 Å². The van der Waals surface area contributed by atoms with Crippen LogP contribution in [0.2, 0.25) is 5.02 Å². The molecule has 29 heavy (non-hydrogen) atoms. The number of ether oxygens (including phenoxy) is 1. The van der Waals surface area contributed by atoms with E-state index in [1.54, 1.807) is 32.9 Å². The first kappa shape index (κ1) is 20.9. The molecule has 0 aliphatic carbocycles. The van der Waals surface area contributed by atoms with Crippen LogP contribution in [0.5, 0.6) is 0 Å². The smallest absolute Gasteiger partial charge is 0.340 e. The van der Waals surface area contributed by atoms with Crippen molar-refractivity contribution in [3.63, 3.8) is 0 Å². The SMILES string of the molecule is CCOC(=O)c1c(C)[nH]c(C(=O)CSc2nnc(-c3ccccc3Cl)n2N)c1C. The van der Waals surface area contributed by atoms with E-state index in [0.29, 0.717) is 44.1 Å². The summed E-state index contributed by atoms with van der Waals surface area (Å²) >= 11 is 7.34. The van der Waals surface area contributed by atoms with Gasteiger partial charge in [0.05, 0.1) is 28.6 Å². The Labute approximate surface area is 176 Å². The van der Waals surface area contributed by atoms with Crippen molar-refractivity contribution in [2.75, 3.05) is 18.2 Å². The fraction of sp³-hybridized carbons (Fsp3) is 0.263. The summed E-state index contributed by atoms with van der Waals surface area (Å²) in [5.41, 5.74) is 2.57. The number of carbonyl (C=O) groups is 2. The van der Waals surface area contributed by atoms with Gasteiger partial charge in [-0.25, -0.2) is 9.47 Å². The lowest BCUT2D eigenvalue weighted by Crippen LogP contribution is -2.13. The van der Waals surface area contributed by atoms with Crippen LogP contribution in [0.1, 0.15) is 39.0 Å². The van der Waals surface area contributed by atoms with Gasteiger partial charge < -0.3 is 15.6 Å². The number of benzene rings is 1. The molecule has 0 bridgehead atoms. The molecule has 1 aromatic carbocycles. The number of rotatable bonds is 7. The van der Waals surface area contributed by atoms with Crippen LogP contribution in [0.3, 0.4) is 0 Å². The van der Waals surface area contributed by atoms with E-state index in [0.717, 1.165) is 11.8 Å². The maximum absolute atomic E-state index is 12.7. The van der Waals surface area contributed by atoms with Gasteiger partial charge in [-0.3, -0.25) is 4.79 Å². The van der Waals surface area contributed by atoms with Gasteiger partial charge in [-0.1, -0.05) is 35.5 Å². The molecule has 2 heterocycles. The molecular formula is C19H20ClN5O3S. The molecule has 0 fully saturated rings. The van der Waals surface area contributed by atoms with Gasteiger partial charge in [0.2, 0.25) is 5.16 Å². The van der Waals surface area contributed by atoms with Crippen molar-refractivity contribution in [1.29, 1.82) is 0 Å². The minimum Gasteiger partial charge on any atom is -0.462 e. The number of nitrogen functional groups attached to an aromatic ring is 1. The minimum atomic E-state index is -0.448. The second-order valence-corrected chi connectivity index (χ2v) is 7.56. The van der Waals surface area contributed by atoms with E-state index in [2.05, 4.69) is 15.2 Å². The first-order valence-corrected chi connectivity index (χ1v) is 10.2. The lowest BCUT2D eigenvalue weighted by Gasteiger charge is -2.05. The van der Waals surface area contributed by atoms with Crippen LogP contribution in [0, 0.1) is 13.8 Å². The van der Waals surface area contributed by atoms with Gasteiger partial charge in [-0.2, -0.15) is 0 Å². The van der Waals surface area contributed by atoms with E-state index < -0.39 is 5.97 Å². The highest BCUT2D eigenvalue weighted by Gasteiger charge is 2.23. The number of carbonyl (C=O) groups excluding carboxylic acids is 2. The molecule has 0 saturated heterocycles. The maximum atomic E-state index is 12.7. The highest BCUT2D eigenvalue weighted by molar-refractivity contribution is 7.99. The first-order chi connectivity index (χ1) is 13.8. The number of H-pyrrole nitrogens is 1. The van der Waals surface area contributed by atoms with E-state index in [4.69, 9.17) is 22.2 Å². The number of hydrogen-bond donors (Lipinski definition) is 2. The number of hydrogen-bond acceptors (Lipinski definition) is 7. The molecule has 2 aromatic heterocycles. The van der Waals surface area contributed by atoms with E-state index >= 15 is 0 Å². The highest BCUT2D eigenvalue weighted by Crippen LogP contribution is 2.28. The zero-order valence-electron chi connectivity index (χ0n) is 16.2. The van der Waals surface area contributed by atoms with Crippen molar-refractivity contribution >= 4 is 35.1 Å². The van der Waals surface area contributed by atoms with Crippen LogP contribution in [0.4, 0.5) is 0 Å². The van der Waals surface area contributed by atoms with Gasteiger partial charge in [0.15, 0.2) is 11.6 Å². The number of ketones is 1. The molecule has 152 valence electrons. The number of nitrogens with zero attached hydrogens (tertiary/aromatic N) is 3. The molecule has 3 aromatic rings. The number of Topliss-reactive ketones (excluding diaryl/α,β-unsaturated/α-hetero) is 1. The Morgan fingerprint density at radius 1 is 1.28 bits per heavy atom. The number of esters is 1. The Balaban J connectivity index is 1.76. The minimum absolute atomic E-state index is 0.0704. The molecule has 0 aliphatic heterocycles. The summed E-state index contributed by atoms with van der Waals surface area (Å²) in [6.45, 7) is 5.45. The van der Waals surface area contributed by atoms with Crippen molar-refractivity contribution in [1.82, 2.24) is 19.9 Å². The van der Waals surface area contributed by atoms with Gasteiger partial charge in [0, 0.05) is 11.3 Å². The first-order valence-electron chi connectivity index (χ1n) is 8.82. The Bertz CT molecular complexity index is 1080. The molecular weight excluding hydrogens is 414 g/mol. The van der Waals surface area contributed by atoms with E-state index in [1.807, 2.05) is 12.1 Å². The molecule has 8 nitrogen and oxygen atoms in total. The summed E-state index contributed by atoms with van der Waals surface area (Å²) in [7, 11) is 0. The van der Waals surface area contributed by atoms with Crippen LogP contribution in [-0.4, -0.2) is 44.0 Å². The molecule has 0 aliphatic rings. The predicted octanol–water partition coefficient (Wildman–Crippen LogP) is 3.41. The standard InChI is InChI=1S/C19H20ClN5O3S/c1-4-28-18(27)15-10(2)16(22-11(15)3)14(26)9-29-19-24-23-17(25(19)21)12-7-5-6-8-13(12)20/h5-8,22H,4,9,21H2,1-3H3. The van der Waals surface area contributed by atoms with Gasteiger partial charge in [0.25, 0.3) is 0 Å². The normalized spacial score (nSPS) is 10.9. The Kier molecular flexibility index (Phi) is 6.29. The molecule has 0 unspecified atom stereocenters. The number of thioether (sulfide) groups is 1. The summed E-state index contributed by atoms with van der Waals surface area (Å²) in [5.74, 6) is 5.93. The van der Waals surface area contributed by atoms with Gasteiger partial charge in [0.1, 0.15) is 0 Å². The molecule has 3 rings (SSSR count). The lowest BCUT2D eigenvalue weighted by molar-refractivity contribution is 0.0525. The topological polar surface area (TPSA) is 116 Å². The summed E-state index contributed by atoms with van der Waals surface area (Å²) in [4.78, 5) is 27.8. The van der Waals surface area contributed by atoms with Crippen molar-refractivity contribution < 1.29 is 14.3 Å². The third kappa shape index (κ3) is 4.15. The second kappa shape index (κ2) is 8.71. The molecule has 0 saturated carbocycles. The van der Waals surface area contributed by atoms with E-state index in [9.17, 15) is 9.59 Å². The third-order valence-electron chi connectivity index (χ3n) is 4.31. The summed E-state index contributed by atoms with van der Waals surface area (Å²) in [6.07, 6.45) is 0. The number of aryl methyl sites for hydroxylation is 1. The summed E-state index contributed by atoms with van der Waals surface area (Å²) in [5, 5.41) is 9.01. The monoisotopic (exact) mass is 433 g/mol. The van der Waals surface area contributed by atoms with Crippen molar-refractivity contribution in [2.45, 2.75) is 25.9 Å². The van der Waals surface area contributed by atoms with Crippen molar-refractivity contribution in [3.05, 3.63) is 51.8 Å². The number of aromatic nitrogens is 4. The van der Waals surface area contributed by atoms with Crippen LogP contribution in [-0.2, 0) is 4.74 Å². The maximum Gasteiger partial charge on any atom is 0.340 e. The average Bonchev–Trinajstić information content (AvgIpc) is 3.19. The number of nitrogens with one attached hydrogen (secondary N) is 1. The zero-order valence-corrected chi connectivity index (χ0v) is 17.7. The van der Waals surface area contributed by atoms with Crippen LogP contribution in [0.25, 0.3) is 11.4 Å². The largest absolute Gasteiger partial charge is 0.462 e. The van der Waals surface area contributed by atoms with Crippen LogP contribution >= 0.6 is 23.4 Å². The molecule has 0 spiro atoms. The number of nitrogens with two attached hydrogens (primary N) is 1. The highest BCUT2D eigenvalue weighted by atomic mass is 35.5. The van der Waals surface area contributed by atoms with Crippen molar-refractivity contribution in [2.24, 2.45) is 0 Å². The van der Waals surface area contributed by atoms with Crippen LogP contribution < -0.4 is 5.84 Å². The zero-order chi connectivity index (χ0) is 21.1. The molecule has 3 N–H and O–H groups in total. The Morgan fingerprint density at radius 2 is 2.00 bits per heavy atom. The Morgan fingerprint density at radius 3 is 2.69 bits per heavy atom. The van der Waals surface area contributed by atoms with Gasteiger partial charge in [-0.15, -0.1) is 10.2 Å². The van der Waals surface area contributed by atoms with Crippen molar-refractivity contribution in [3.8, 4) is 11.4 Å². The second-order valence-electron chi connectivity index (χ2n) is 6.21. The fourth-order valence-electron chi connectivity index (χ4n) is 2.94. The molecule has 10 heteroatoms. The number of aromatic amines is 1. The molecule has 0 radical (unpaired) electrons. The molecule has 0 atom stereocenters. The fourth-order valence-corrected chi connectivity index (χ4v) is 3.89. The quantitative estimate of drug-likeness (QED) is 0.254. The Hall–Kier alpha value is -2.78. The molecule has 0 amide bonds.